The van der Waals surface area contributed by atoms with E-state index in [9.17, 15) is 0 Å². The van der Waals surface area contributed by atoms with Crippen LogP contribution in [0.1, 0.15) is 39.5 Å². The Morgan fingerprint density at radius 1 is 1.33 bits per heavy atom. The van der Waals surface area contributed by atoms with E-state index in [1.165, 1.54) is 25.7 Å². The summed E-state index contributed by atoms with van der Waals surface area (Å²) in [6.07, 6.45) is 5.60. The predicted octanol–water partition coefficient (Wildman–Crippen LogP) is 1.93. The predicted molar refractivity (Wildman–Crippen MR) is 51.0 cm³/mol. The molecule has 0 bridgehead atoms. The molecule has 0 amide bonds. The van der Waals surface area contributed by atoms with E-state index in [-0.39, 0.29) is 6.04 Å². The highest BCUT2D eigenvalue weighted by atomic mass is 16.5. The summed E-state index contributed by atoms with van der Waals surface area (Å²) in [4.78, 5) is 0. The van der Waals surface area contributed by atoms with Crippen LogP contribution < -0.4 is 5.73 Å². The van der Waals surface area contributed by atoms with Crippen molar-refractivity contribution in [3.8, 4) is 0 Å². The molecular formula is C10H21NO. The van der Waals surface area contributed by atoms with Crippen molar-refractivity contribution in [1.82, 2.24) is 0 Å². The quantitative estimate of drug-likeness (QED) is 0.704. The van der Waals surface area contributed by atoms with Gasteiger partial charge in [0.15, 0.2) is 0 Å². The second-order valence-corrected chi connectivity index (χ2v) is 4.19. The average Bonchev–Trinajstić information content (AvgIpc) is 2.03. The fourth-order valence-corrected chi connectivity index (χ4v) is 1.68. The zero-order chi connectivity index (χ0) is 8.97. The van der Waals surface area contributed by atoms with Crippen molar-refractivity contribution < 1.29 is 4.74 Å². The van der Waals surface area contributed by atoms with E-state index in [0.717, 1.165) is 12.5 Å². The zero-order valence-electron chi connectivity index (χ0n) is 8.25. The Morgan fingerprint density at radius 2 is 1.92 bits per heavy atom. The first-order valence-electron chi connectivity index (χ1n) is 5.05. The molecule has 72 valence electrons. The fourth-order valence-electron chi connectivity index (χ4n) is 1.68. The summed E-state index contributed by atoms with van der Waals surface area (Å²) >= 11 is 0. The molecular weight excluding hydrogens is 150 g/mol. The molecule has 0 aromatic heterocycles. The van der Waals surface area contributed by atoms with Gasteiger partial charge in [-0.05, 0) is 38.5 Å². The van der Waals surface area contributed by atoms with Crippen LogP contribution in [0, 0.1) is 5.92 Å². The molecule has 1 atom stereocenters. The minimum atomic E-state index is 0.185. The van der Waals surface area contributed by atoms with Crippen molar-refractivity contribution in [1.29, 1.82) is 0 Å². The Bertz CT molecular complexity index is 117. The van der Waals surface area contributed by atoms with Crippen molar-refractivity contribution in [3.63, 3.8) is 0 Å². The molecule has 2 heteroatoms. The van der Waals surface area contributed by atoms with Crippen molar-refractivity contribution in [2.24, 2.45) is 11.7 Å². The van der Waals surface area contributed by atoms with Crippen LogP contribution in [0.15, 0.2) is 0 Å². The fraction of sp³-hybridized carbons (Fsp3) is 1.00. The van der Waals surface area contributed by atoms with Crippen molar-refractivity contribution >= 4 is 0 Å². The average molecular weight is 171 g/mol. The van der Waals surface area contributed by atoms with Gasteiger partial charge in [0.2, 0.25) is 0 Å². The van der Waals surface area contributed by atoms with Crippen LogP contribution >= 0.6 is 0 Å². The van der Waals surface area contributed by atoms with Crippen LogP contribution in [0.25, 0.3) is 0 Å². The summed E-state index contributed by atoms with van der Waals surface area (Å²) in [6, 6.07) is 0.185. The van der Waals surface area contributed by atoms with Crippen molar-refractivity contribution in [2.75, 3.05) is 6.61 Å². The van der Waals surface area contributed by atoms with Gasteiger partial charge in [-0.3, -0.25) is 0 Å². The molecule has 1 fully saturated rings. The van der Waals surface area contributed by atoms with Gasteiger partial charge >= 0.3 is 0 Å². The number of ether oxygens (including phenoxy) is 1. The number of hydrogen-bond acceptors (Lipinski definition) is 2. The van der Waals surface area contributed by atoms with Gasteiger partial charge in [-0.1, -0.05) is 6.92 Å². The Kier molecular flexibility index (Phi) is 4.02. The molecule has 0 radical (unpaired) electrons. The number of hydrogen-bond donors (Lipinski definition) is 1. The van der Waals surface area contributed by atoms with Crippen LogP contribution in [0.3, 0.4) is 0 Å². The first-order chi connectivity index (χ1) is 5.68. The molecule has 1 saturated carbocycles. The summed E-state index contributed by atoms with van der Waals surface area (Å²) in [7, 11) is 0. The van der Waals surface area contributed by atoms with Crippen LogP contribution in [-0.2, 0) is 4.74 Å². The Hall–Kier alpha value is -0.0800. The topological polar surface area (TPSA) is 35.2 Å². The van der Waals surface area contributed by atoms with Crippen molar-refractivity contribution in [2.45, 2.75) is 51.7 Å². The lowest BCUT2D eigenvalue weighted by Crippen LogP contribution is -2.28. The second-order valence-electron chi connectivity index (χ2n) is 4.19. The van der Waals surface area contributed by atoms with Crippen LogP contribution in [0.2, 0.25) is 0 Å². The molecule has 1 aliphatic carbocycles. The third-order valence-electron chi connectivity index (χ3n) is 2.56. The molecule has 0 heterocycles. The maximum absolute atomic E-state index is 5.67. The summed E-state index contributed by atoms with van der Waals surface area (Å²) in [6.45, 7) is 5.03. The largest absolute Gasteiger partial charge is 0.377 e. The van der Waals surface area contributed by atoms with E-state index in [4.69, 9.17) is 10.5 Å². The minimum Gasteiger partial charge on any atom is -0.377 e. The SMILES string of the molecule is CC1CCC(OC[C@H](C)N)CC1. The summed E-state index contributed by atoms with van der Waals surface area (Å²) in [5, 5.41) is 0. The van der Waals surface area contributed by atoms with Gasteiger partial charge in [-0.2, -0.15) is 0 Å². The van der Waals surface area contributed by atoms with Gasteiger partial charge in [0.25, 0.3) is 0 Å². The van der Waals surface area contributed by atoms with E-state index in [1.54, 1.807) is 0 Å². The minimum absolute atomic E-state index is 0.185. The Morgan fingerprint density at radius 3 is 2.42 bits per heavy atom. The lowest BCUT2D eigenvalue weighted by atomic mass is 9.89. The van der Waals surface area contributed by atoms with Gasteiger partial charge in [0.05, 0.1) is 12.7 Å². The standard InChI is InChI=1S/C10H21NO/c1-8-3-5-10(6-4-8)12-7-9(2)11/h8-10H,3-7,11H2,1-2H3/t8?,9-,10?/m0/s1. The lowest BCUT2D eigenvalue weighted by Gasteiger charge is -2.26. The molecule has 0 aliphatic heterocycles. The molecule has 2 N–H and O–H groups in total. The van der Waals surface area contributed by atoms with E-state index in [0.29, 0.717) is 6.10 Å². The third kappa shape index (κ3) is 3.55. The normalized spacial score (nSPS) is 33.2. The van der Waals surface area contributed by atoms with Gasteiger partial charge in [0.1, 0.15) is 0 Å². The molecule has 12 heavy (non-hydrogen) atoms. The Balaban J connectivity index is 2.09. The van der Waals surface area contributed by atoms with Gasteiger partial charge in [-0.25, -0.2) is 0 Å². The lowest BCUT2D eigenvalue weighted by molar-refractivity contribution is 0.0147. The summed E-state index contributed by atoms with van der Waals surface area (Å²) in [5.74, 6) is 0.903. The summed E-state index contributed by atoms with van der Waals surface area (Å²) in [5.41, 5.74) is 5.61. The van der Waals surface area contributed by atoms with Gasteiger partial charge < -0.3 is 10.5 Å². The maximum Gasteiger partial charge on any atom is 0.0618 e. The van der Waals surface area contributed by atoms with E-state index < -0.39 is 0 Å². The first-order valence-corrected chi connectivity index (χ1v) is 5.05. The molecule has 1 rings (SSSR count). The monoisotopic (exact) mass is 171 g/mol. The molecule has 1 aliphatic rings. The second kappa shape index (κ2) is 4.83. The van der Waals surface area contributed by atoms with Gasteiger partial charge in [-0.15, -0.1) is 0 Å². The molecule has 0 aromatic carbocycles. The highest BCUT2D eigenvalue weighted by Crippen LogP contribution is 2.25. The van der Waals surface area contributed by atoms with Crippen LogP contribution in [0.4, 0.5) is 0 Å². The van der Waals surface area contributed by atoms with E-state index >= 15 is 0 Å². The molecule has 0 aromatic rings. The first kappa shape index (κ1) is 10.0. The maximum atomic E-state index is 5.67. The van der Waals surface area contributed by atoms with Crippen molar-refractivity contribution in [3.05, 3.63) is 0 Å². The van der Waals surface area contributed by atoms with Gasteiger partial charge in [0, 0.05) is 6.04 Å². The highest BCUT2D eigenvalue weighted by Gasteiger charge is 2.18. The number of nitrogens with two attached hydrogens (primary N) is 1. The third-order valence-corrected chi connectivity index (χ3v) is 2.56. The van der Waals surface area contributed by atoms with E-state index in [1.807, 2.05) is 6.92 Å². The van der Waals surface area contributed by atoms with E-state index in [2.05, 4.69) is 6.92 Å². The Labute approximate surface area is 75.5 Å². The molecule has 0 spiro atoms. The molecule has 2 nitrogen and oxygen atoms in total. The van der Waals surface area contributed by atoms with Crippen LogP contribution in [-0.4, -0.2) is 18.8 Å². The van der Waals surface area contributed by atoms with Crippen LogP contribution in [0.5, 0.6) is 0 Å². The smallest absolute Gasteiger partial charge is 0.0618 e. The molecule has 0 unspecified atom stereocenters. The number of rotatable bonds is 3. The highest BCUT2D eigenvalue weighted by molar-refractivity contribution is 4.70. The molecule has 0 saturated heterocycles. The summed E-state index contributed by atoms with van der Waals surface area (Å²) < 4.78 is 5.67. The zero-order valence-corrected chi connectivity index (χ0v) is 8.25.